The average molecular weight is 528 g/mol. The number of carboxylic acid groups (broad SMARTS) is 2. The fourth-order valence-corrected chi connectivity index (χ4v) is 6.45. The summed E-state index contributed by atoms with van der Waals surface area (Å²) in [6, 6.07) is 15.7. The third-order valence-corrected chi connectivity index (χ3v) is 7.81. The first-order valence-electron chi connectivity index (χ1n) is 12.9. The minimum atomic E-state index is -0.250. The summed E-state index contributed by atoms with van der Waals surface area (Å²) in [5.74, 6) is 3.10. The van der Waals surface area contributed by atoms with Crippen LogP contribution in [0.1, 0.15) is 17.5 Å². The summed E-state index contributed by atoms with van der Waals surface area (Å²) in [6.07, 6.45) is 0.904. The number of hydrogen-bond donors (Lipinski definition) is 3. The third-order valence-electron chi connectivity index (χ3n) is 7.81. The Morgan fingerprint density at radius 1 is 1.00 bits per heavy atom. The molecule has 0 amide bonds. The van der Waals surface area contributed by atoms with Crippen molar-refractivity contribution in [2.45, 2.75) is 24.4 Å². The topological polar surface area (TPSA) is 121 Å². The standard InChI is InChI=1S/C26H33N3O3.2CH2O2/c1-30-22-13-24-23(31-10-5-11-32-24)12-19(22)14-27-25-20-15-28-8-9-29(16-20)18-26(25,17-28)21-6-3-2-4-7-21;2*2-1-3/h2-4,6-7,12-13,20,25,27H,5,8-11,14-18H2,1H3;2*1H,(H,2,3). The van der Waals surface area contributed by atoms with Crippen LogP contribution in [0.3, 0.4) is 0 Å². The Morgan fingerprint density at radius 2 is 1.58 bits per heavy atom. The monoisotopic (exact) mass is 527 g/mol. The van der Waals surface area contributed by atoms with Crippen LogP contribution in [0.5, 0.6) is 17.2 Å². The SMILES string of the molecule is COc1cc2c(cc1CNC1C3CN4CCN(C3)CC1(c1ccccc1)C4)OCCCO2.O=CO.O=CO. The number of benzene rings is 2. The third kappa shape index (κ3) is 5.87. The van der Waals surface area contributed by atoms with E-state index in [-0.39, 0.29) is 18.4 Å². The summed E-state index contributed by atoms with van der Waals surface area (Å²) in [5.41, 5.74) is 2.70. The Labute approximate surface area is 223 Å². The van der Waals surface area contributed by atoms with Gasteiger partial charge in [0.25, 0.3) is 12.9 Å². The number of fused-ring (bicyclic) bond motifs is 2. The maximum Gasteiger partial charge on any atom is 0.290 e. The highest BCUT2D eigenvalue weighted by molar-refractivity contribution is 5.51. The summed E-state index contributed by atoms with van der Waals surface area (Å²) in [6.45, 7) is 8.63. The molecule has 4 saturated heterocycles. The quantitative estimate of drug-likeness (QED) is 0.498. The molecule has 0 radical (unpaired) electrons. The minimum Gasteiger partial charge on any atom is -0.496 e. The normalized spacial score (nSPS) is 28.3. The van der Waals surface area contributed by atoms with E-state index in [0.29, 0.717) is 25.2 Å². The Bertz CT molecular complexity index is 1050. The molecule has 7 rings (SSSR count). The minimum absolute atomic E-state index is 0.109. The maximum absolute atomic E-state index is 8.36. The van der Waals surface area contributed by atoms with Gasteiger partial charge in [-0.05, 0) is 11.6 Å². The molecule has 5 aliphatic heterocycles. The summed E-state index contributed by atoms with van der Waals surface area (Å²) in [4.78, 5) is 22.1. The van der Waals surface area contributed by atoms with E-state index in [0.717, 1.165) is 48.9 Å². The van der Waals surface area contributed by atoms with Crippen LogP contribution >= 0.6 is 0 Å². The molecular formula is C28H37N3O7. The first-order valence-corrected chi connectivity index (χ1v) is 12.9. The van der Waals surface area contributed by atoms with Gasteiger partial charge < -0.3 is 39.5 Å². The number of methoxy groups -OCH3 is 1. The molecule has 4 bridgehead atoms. The fraction of sp³-hybridized carbons (Fsp3) is 0.500. The van der Waals surface area contributed by atoms with Gasteiger partial charge in [-0.15, -0.1) is 0 Å². The van der Waals surface area contributed by atoms with E-state index in [9.17, 15) is 0 Å². The molecule has 10 heteroatoms. The number of piperidine rings is 2. The Morgan fingerprint density at radius 3 is 2.16 bits per heavy atom. The lowest BCUT2D eigenvalue weighted by Gasteiger charge is -2.56. The van der Waals surface area contributed by atoms with Crippen molar-refractivity contribution in [3.8, 4) is 17.2 Å². The molecule has 0 saturated carbocycles. The van der Waals surface area contributed by atoms with Gasteiger partial charge in [-0.25, -0.2) is 0 Å². The van der Waals surface area contributed by atoms with Crippen LogP contribution in [0, 0.1) is 5.92 Å². The van der Waals surface area contributed by atoms with Gasteiger partial charge in [0, 0.05) is 81.2 Å². The molecule has 2 aromatic rings. The van der Waals surface area contributed by atoms with Crippen molar-refractivity contribution in [2.24, 2.45) is 5.92 Å². The van der Waals surface area contributed by atoms with Crippen molar-refractivity contribution in [3.05, 3.63) is 53.6 Å². The van der Waals surface area contributed by atoms with E-state index in [1.807, 2.05) is 6.07 Å². The zero-order chi connectivity index (χ0) is 27.0. The molecular weight excluding hydrogens is 490 g/mol. The molecule has 38 heavy (non-hydrogen) atoms. The van der Waals surface area contributed by atoms with Crippen LogP contribution in [-0.2, 0) is 21.5 Å². The Balaban J connectivity index is 0.000000515. The number of nitrogens with one attached hydrogen (secondary N) is 1. The van der Waals surface area contributed by atoms with Crippen LogP contribution in [0.2, 0.25) is 0 Å². The summed E-state index contributed by atoms with van der Waals surface area (Å²) in [5, 5.41) is 17.8. The van der Waals surface area contributed by atoms with E-state index >= 15 is 0 Å². The lowest BCUT2D eigenvalue weighted by atomic mass is 9.64. The second-order valence-corrected chi connectivity index (χ2v) is 9.98. The van der Waals surface area contributed by atoms with Crippen LogP contribution < -0.4 is 19.5 Å². The van der Waals surface area contributed by atoms with Crippen molar-refractivity contribution in [1.29, 1.82) is 0 Å². The number of carbonyl (C=O) groups is 2. The van der Waals surface area contributed by atoms with Gasteiger partial charge in [0.2, 0.25) is 0 Å². The van der Waals surface area contributed by atoms with Gasteiger partial charge in [0.05, 0.1) is 20.3 Å². The maximum atomic E-state index is 8.36. The molecule has 5 heterocycles. The molecule has 0 spiro atoms. The molecule has 206 valence electrons. The van der Waals surface area contributed by atoms with Gasteiger partial charge in [-0.2, -0.15) is 0 Å². The molecule has 4 fully saturated rings. The van der Waals surface area contributed by atoms with E-state index in [1.54, 1.807) is 7.11 Å². The second-order valence-electron chi connectivity index (χ2n) is 9.98. The number of hydrogen-bond acceptors (Lipinski definition) is 8. The molecule has 3 N–H and O–H groups in total. The number of rotatable bonds is 5. The zero-order valence-electron chi connectivity index (χ0n) is 21.8. The van der Waals surface area contributed by atoms with Crippen molar-refractivity contribution < 1.29 is 34.0 Å². The highest BCUT2D eigenvalue weighted by Crippen LogP contribution is 2.44. The lowest BCUT2D eigenvalue weighted by Crippen LogP contribution is -2.69. The van der Waals surface area contributed by atoms with Gasteiger partial charge in [-0.3, -0.25) is 9.59 Å². The first-order chi connectivity index (χ1) is 18.6. The first kappa shape index (κ1) is 27.7. The van der Waals surface area contributed by atoms with Gasteiger partial charge in [0.15, 0.2) is 11.5 Å². The highest BCUT2D eigenvalue weighted by Gasteiger charge is 2.54. The predicted molar refractivity (Wildman–Crippen MR) is 141 cm³/mol. The molecule has 3 atom stereocenters. The predicted octanol–water partition coefficient (Wildman–Crippen LogP) is 1.92. The summed E-state index contributed by atoms with van der Waals surface area (Å²) >= 11 is 0. The van der Waals surface area contributed by atoms with Gasteiger partial charge in [0.1, 0.15) is 5.75 Å². The molecule has 10 nitrogen and oxygen atoms in total. The molecule has 5 aliphatic rings. The van der Waals surface area contributed by atoms with Gasteiger partial charge >= 0.3 is 0 Å². The molecule has 0 aromatic heterocycles. The molecule has 0 aliphatic carbocycles. The van der Waals surface area contributed by atoms with E-state index < -0.39 is 0 Å². The molecule has 2 aromatic carbocycles. The van der Waals surface area contributed by atoms with Crippen LogP contribution in [0.15, 0.2) is 42.5 Å². The average Bonchev–Trinajstić information content (AvgIpc) is 3.31. The van der Waals surface area contributed by atoms with Crippen LogP contribution in [0.4, 0.5) is 0 Å². The Hall–Kier alpha value is -3.34. The second kappa shape index (κ2) is 12.9. The number of nitrogens with zero attached hydrogens (tertiary/aromatic N) is 2. The van der Waals surface area contributed by atoms with Crippen LogP contribution in [0.25, 0.3) is 0 Å². The highest BCUT2D eigenvalue weighted by atomic mass is 16.5. The lowest BCUT2D eigenvalue weighted by molar-refractivity contribution is -0.123. The van der Waals surface area contributed by atoms with E-state index in [2.05, 4.69) is 51.5 Å². The fourth-order valence-electron chi connectivity index (χ4n) is 6.45. The van der Waals surface area contributed by atoms with Crippen molar-refractivity contribution in [2.75, 3.05) is 59.6 Å². The smallest absolute Gasteiger partial charge is 0.290 e. The van der Waals surface area contributed by atoms with Crippen molar-refractivity contribution >= 4 is 12.9 Å². The van der Waals surface area contributed by atoms with E-state index in [4.69, 9.17) is 34.0 Å². The number of ether oxygens (including phenoxy) is 3. The largest absolute Gasteiger partial charge is 0.496 e. The molecule has 3 unspecified atom stereocenters. The zero-order valence-corrected chi connectivity index (χ0v) is 21.8. The van der Waals surface area contributed by atoms with Crippen LogP contribution in [-0.4, -0.2) is 98.6 Å². The summed E-state index contributed by atoms with van der Waals surface area (Å²) in [7, 11) is 1.74. The van der Waals surface area contributed by atoms with Crippen molar-refractivity contribution in [1.82, 2.24) is 15.1 Å². The van der Waals surface area contributed by atoms with Gasteiger partial charge in [-0.1, -0.05) is 30.3 Å². The Kier molecular flexibility index (Phi) is 9.43. The van der Waals surface area contributed by atoms with E-state index in [1.165, 1.54) is 31.7 Å². The van der Waals surface area contributed by atoms with Crippen molar-refractivity contribution in [3.63, 3.8) is 0 Å². The summed E-state index contributed by atoms with van der Waals surface area (Å²) < 4.78 is 17.6.